The summed E-state index contributed by atoms with van der Waals surface area (Å²) >= 11 is 0. The third-order valence-electron chi connectivity index (χ3n) is 7.21. The van der Waals surface area contributed by atoms with Gasteiger partial charge in [-0.15, -0.1) is 0 Å². The number of amides is 2. The Morgan fingerprint density at radius 3 is 2.42 bits per heavy atom. The highest BCUT2D eigenvalue weighted by Gasteiger charge is 2.31. The van der Waals surface area contributed by atoms with Crippen LogP contribution in [0.25, 0.3) is 11.4 Å². The maximum absolute atomic E-state index is 13.3. The number of likely N-dealkylation sites (tertiary alicyclic amines) is 1. The number of hydrogen-bond donors (Lipinski definition) is 2. The smallest absolute Gasteiger partial charge is 0.342 e. The van der Waals surface area contributed by atoms with Gasteiger partial charge in [-0.2, -0.15) is 13.2 Å². The number of imidazole rings is 1. The van der Waals surface area contributed by atoms with Crippen LogP contribution in [-0.4, -0.2) is 49.9 Å². The number of rotatable bonds is 7. The molecule has 1 fully saturated rings. The van der Waals surface area contributed by atoms with Crippen molar-refractivity contribution >= 4 is 11.7 Å². The van der Waals surface area contributed by atoms with Crippen LogP contribution in [0.2, 0.25) is 0 Å². The number of halogens is 3. The van der Waals surface area contributed by atoms with Crippen molar-refractivity contribution in [2.24, 2.45) is 0 Å². The molecule has 0 radical (unpaired) electrons. The van der Waals surface area contributed by atoms with Gasteiger partial charge in [-0.25, -0.2) is 9.78 Å². The summed E-state index contributed by atoms with van der Waals surface area (Å²) in [5.41, 5.74) is 3.40. The van der Waals surface area contributed by atoms with Crippen LogP contribution < -0.4 is 5.32 Å². The Morgan fingerprint density at radius 2 is 1.77 bits per heavy atom. The number of H-pyrrole nitrogens is 1. The maximum Gasteiger partial charge on any atom is 0.416 e. The number of nitrogens with one attached hydrogen (secondary N) is 2. The van der Waals surface area contributed by atoms with Crippen LogP contribution >= 0.6 is 0 Å². The Bertz CT molecular complexity index is 1400. The minimum Gasteiger partial charge on any atom is -0.342 e. The summed E-state index contributed by atoms with van der Waals surface area (Å²) in [6, 6.07) is 18.5. The molecule has 1 saturated heterocycles. The molecule has 4 aromatic rings. The molecule has 1 aliphatic heterocycles. The van der Waals surface area contributed by atoms with Crippen LogP contribution in [-0.2, 0) is 19.3 Å². The van der Waals surface area contributed by atoms with E-state index in [9.17, 15) is 18.0 Å². The SMILES string of the molecule is Cc1[nH]c(-c2ccc(C(F)(F)F)cc2)nc1CN1CCC(N(Cc2ccccc2)C(=O)Nc2cccnc2)CC1. The molecule has 2 amide bonds. The van der Waals surface area contributed by atoms with Crippen LogP contribution in [0.15, 0.2) is 79.1 Å². The first kappa shape index (κ1) is 27.4. The Balaban J connectivity index is 1.23. The van der Waals surface area contributed by atoms with Crippen molar-refractivity contribution in [3.63, 3.8) is 0 Å². The summed E-state index contributed by atoms with van der Waals surface area (Å²) in [6.07, 6.45) is 0.545. The molecule has 0 saturated carbocycles. The van der Waals surface area contributed by atoms with Crippen molar-refractivity contribution < 1.29 is 18.0 Å². The summed E-state index contributed by atoms with van der Waals surface area (Å²) in [4.78, 5) is 29.5. The van der Waals surface area contributed by atoms with Gasteiger partial charge in [0, 0.05) is 49.7 Å². The van der Waals surface area contributed by atoms with Gasteiger partial charge in [0.1, 0.15) is 5.82 Å². The zero-order valence-electron chi connectivity index (χ0n) is 22.2. The van der Waals surface area contributed by atoms with Gasteiger partial charge in [0.25, 0.3) is 0 Å². The van der Waals surface area contributed by atoms with E-state index in [1.165, 1.54) is 12.1 Å². The average Bonchev–Trinajstić information content (AvgIpc) is 3.32. The molecular formula is C30H31F3N6O. The Hall–Kier alpha value is -4.18. The first-order valence-electron chi connectivity index (χ1n) is 13.2. The molecule has 5 rings (SSSR count). The van der Waals surface area contributed by atoms with E-state index in [4.69, 9.17) is 4.98 Å². The van der Waals surface area contributed by atoms with Crippen LogP contribution in [0.1, 0.15) is 35.4 Å². The Kier molecular flexibility index (Phi) is 8.16. The number of aromatic amines is 1. The summed E-state index contributed by atoms with van der Waals surface area (Å²) in [6.45, 7) is 4.63. The predicted octanol–water partition coefficient (Wildman–Crippen LogP) is 6.50. The van der Waals surface area contributed by atoms with E-state index in [0.717, 1.165) is 55.0 Å². The number of aromatic nitrogens is 3. The highest BCUT2D eigenvalue weighted by molar-refractivity contribution is 5.89. The minimum atomic E-state index is -4.37. The molecule has 0 atom stereocenters. The van der Waals surface area contributed by atoms with E-state index in [-0.39, 0.29) is 12.1 Å². The van der Waals surface area contributed by atoms with Gasteiger partial charge in [0.2, 0.25) is 0 Å². The van der Waals surface area contributed by atoms with Crippen molar-refractivity contribution in [2.75, 3.05) is 18.4 Å². The average molecular weight is 549 g/mol. The van der Waals surface area contributed by atoms with E-state index in [1.807, 2.05) is 48.2 Å². The highest BCUT2D eigenvalue weighted by Crippen LogP contribution is 2.31. The molecule has 2 N–H and O–H groups in total. The molecule has 0 bridgehead atoms. The number of pyridine rings is 1. The number of hydrogen-bond acceptors (Lipinski definition) is 4. The fourth-order valence-electron chi connectivity index (χ4n) is 4.98. The second kappa shape index (κ2) is 11.9. The maximum atomic E-state index is 13.3. The van der Waals surface area contributed by atoms with Crippen molar-refractivity contribution in [1.29, 1.82) is 0 Å². The molecule has 2 aromatic heterocycles. The van der Waals surface area contributed by atoms with Gasteiger partial charge in [0.15, 0.2) is 0 Å². The Labute approximate surface area is 231 Å². The quantitative estimate of drug-likeness (QED) is 0.277. The standard InChI is InChI=1S/C30H31F3N6O/c1-21-27(37-28(35-21)23-9-11-24(12-10-23)30(31,32)33)20-38-16-13-26(14-17-38)39(19-22-6-3-2-4-7-22)29(40)36-25-8-5-15-34-18-25/h2-12,15,18,26H,13-14,16-17,19-20H2,1H3,(H,35,37)(H,36,40). The van der Waals surface area contributed by atoms with Gasteiger partial charge in [-0.05, 0) is 49.6 Å². The lowest BCUT2D eigenvalue weighted by Crippen LogP contribution is -2.48. The second-order valence-electron chi connectivity index (χ2n) is 10.0. The summed E-state index contributed by atoms with van der Waals surface area (Å²) < 4.78 is 38.8. The van der Waals surface area contributed by atoms with Gasteiger partial charge in [-0.3, -0.25) is 9.88 Å². The minimum absolute atomic E-state index is 0.0658. The zero-order chi connectivity index (χ0) is 28.1. The van der Waals surface area contributed by atoms with Crippen LogP contribution in [0, 0.1) is 6.92 Å². The number of benzene rings is 2. The van der Waals surface area contributed by atoms with E-state index in [0.29, 0.717) is 30.2 Å². The van der Waals surface area contributed by atoms with Crippen LogP contribution in [0.3, 0.4) is 0 Å². The topological polar surface area (TPSA) is 77.2 Å². The number of aryl methyl sites for hydroxylation is 1. The molecular weight excluding hydrogens is 517 g/mol. The lowest BCUT2D eigenvalue weighted by Gasteiger charge is -2.38. The number of carbonyl (C=O) groups excluding carboxylic acids is 1. The second-order valence-corrected chi connectivity index (χ2v) is 10.0. The summed E-state index contributed by atoms with van der Waals surface area (Å²) in [7, 11) is 0. The van der Waals surface area contributed by atoms with E-state index < -0.39 is 11.7 Å². The summed E-state index contributed by atoms with van der Waals surface area (Å²) in [5, 5.41) is 2.98. The number of nitrogens with zero attached hydrogens (tertiary/aromatic N) is 4. The first-order valence-corrected chi connectivity index (χ1v) is 13.2. The zero-order valence-corrected chi connectivity index (χ0v) is 22.2. The summed E-state index contributed by atoms with van der Waals surface area (Å²) in [5.74, 6) is 0.553. The van der Waals surface area contributed by atoms with Crippen LogP contribution in [0.4, 0.5) is 23.7 Å². The number of alkyl halides is 3. The molecule has 1 aliphatic rings. The van der Waals surface area contributed by atoms with Crippen LogP contribution in [0.5, 0.6) is 0 Å². The predicted molar refractivity (Wildman–Crippen MR) is 147 cm³/mol. The van der Waals surface area contributed by atoms with Gasteiger partial charge in [-0.1, -0.05) is 42.5 Å². The number of anilines is 1. The van der Waals surface area contributed by atoms with E-state index >= 15 is 0 Å². The lowest BCUT2D eigenvalue weighted by molar-refractivity contribution is -0.137. The fourth-order valence-corrected chi connectivity index (χ4v) is 4.98. The molecule has 2 aromatic carbocycles. The molecule has 0 spiro atoms. The van der Waals surface area contributed by atoms with Crippen molar-refractivity contribution in [1.82, 2.24) is 24.8 Å². The molecule has 40 heavy (non-hydrogen) atoms. The number of piperidine rings is 1. The third-order valence-corrected chi connectivity index (χ3v) is 7.21. The first-order chi connectivity index (χ1) is 19.3. The molecule has 0 aliphatic carbocycles. The Morgan fingerprint density at radius 1 is 1.05 bits per heavy atom. The normalized spacial score (nSPS) is 14.7. The molecule has 3 heterocycles. The van der Waals surface area contributed by atoms with Crippen molar-refractivity contribution in [3.05, 3.63) is 102 Å². The molecule has 208 valence electrons. The monoisotopic (exact) mass is 548 g/mol. The fraction of sp³-hybridized carbons (Fsp3) is 0.300. The molecule has 7 nitrogen and oxygen atoms in total. The lowest BCUT2D eigenvalue weighted by atomic mass is 10.0. The largest absolute Gasteiger partial charge is 0.416 e. The van der Waals surface area contributed by atoms with Gasteiger partial charge < -0.3 is 15.2 Å². The molecule has 0 unspecified atom stereocenters. The molecule has 10 heteroatoms. The van der Waals surface area contributed by atoms with E-state index in [1.54, 1.807) is 18.5 Å². The van der Waals surface area contributed by atoms with E-state index in [2.05, 4.69) is 20.2 Å². The third kappa shape index (κ3) is 6.69. The number of urea groups is 1. The van der Waals surface area contributed by atoms with Gasteiger partial charge >= 0.3 is 12.2 Å². The number of carbonyl (C=O) groups is 1. The van der Waals surface area contributed by atoms with Gasteiger partial charge in [0.05, 0.1) is 23.1 Å². The van der Waals surface area contributed by atoms with Crippen molar-refractivity contribution in [3.8, 4) is 11.4 Å². The van der Waals surface area contributed by atoms with Crippen molar-refractivity contribution in [2.45, 2.75) is 45.1 Å². The highest BCUT2D eigenvalue weighted by atomic mass is 19.4.